The molecule has 1 aliphatic rings. The number of hydrogen-bond acceptors (Lipinski definition) is 4. The molecule has 2 atom stereocenters. The number of hydrogen-bond donors (Lipinski definition) is 1. The Bertz CT molecular complexity index is 327. The molecule has 2 unspecified atom stereocenters. The minimum Gasteiger partial charge on any atom is -0.370 e. The second-order valence-electron chi connectivity index (χ2n) is 3.42. The summed E-state index contributed by atoms with van der Waals surface area (Å²) in [6.07, 6.45) is 2.89. The van der Waals surface area contributed by atoms with Crippen LogP contribution < -0.4 is 5.73 Å². The Kier molecular flexibility index (Phi) is 1.92. The van der Waals surface area contributed by atoms with E-state index < -0.39 is 0 Å². The van der Waals surface area contributed by atoms with Crippen molar-refractivity contribution in [2.45, 2.75) is 32.5 Å². The van der Waals surface area contributed by atoms with Gasteiger partial charge in [-0.15, -0.1) is 0 Å². The molecular weight excluding hydrogens is 166 g/mol. The van der Waals surface area contributed by atoms with E-state index in [1.165, 1.54) is 0 Å². The van der Waals surface area contributed by atoms with Gasteiger partial charge in [0.1, 0.15) is 0 Å². The third-order valence-electron chi connectivity index (χ3n) is 2.27. The van der Waals surface area contributed by atoms with Crippen molar-refractivity contribution in [1.82, 2.24) is 9.97 Å². The summed E-state index contributed by atoms with van der Waals surface area (Å²) in [4.78, 5) is 8.16. The molecule has 1 aliphatic heterocycles. The lowest BCUT2D eigenvalue weighted by molar-refractivity contribution is -0.00615. The lowest BCUT2D eigenvalue weighted by atomic mass is 10.0. The highest BCUT2D eigenvalue weighted by atomic mass is 16.5. The van der Waals surface area contributed by atoms with E-state index >= 15 is 0 Å². The van der Waals surface area contributed by atoms with Gasteiger partial charge in [-0.25, -0.2) is 9.97 Å². The molecule has 0 radical (unpaired) electrons. The molecule has 0 aromatic carbocycles. The highest BCUT2D eigenvalue weighted by molar-refractivity contribution is 5.28. The SMILES string of the molecule is CC1Cc2nc(N)ncc2C(C)O1. The number of aromatic nitrogens is 2. The number of anilines is 1. The van der Waals surface area contributed by atoms with Crippen molar-refractivity contribution in [3.8, 4) is 0 Å². The molecule has 4 nitrogen and oxygen atoms in total. The zero-order valence-electron chi connectivity index (χ0n) is 7.82. The third-order valence-corrected chi connectivity index (χ3v) is 2.27. The van der Waals surface area contributed by atoms with Gasteiger partial charge in [-0.2, -0.15) is 0 Å². The lowest BCUT2D eigenvalue weighted by Crippen LogP contribution is -2.23. The van der Waals surface area contributed by atoms with Crippen LogP contribution in [0.25, 0.3) is 0 Å². The Morgan fingerprint density at radius 3 is 3.08 bits per heavy atom. The minimum atomic E-state index is 0.0827. The van der Waals surface area contributed by atoms with Gasteiger partial charge in [0.05, 0.1) is 17.9 Å². The van der Waals surface area contributed by atoms with Gasteiger partial charge < -0.3 is 10.5 Å². The number of fused-ring (bicyclic) bond motifs is 1. The first kappa shape index (κ1) is 8.44. The maximum absolute atomic E-state index is 5.63. The Balaban J connectivity index is 2.43. The summed E-state index contributed by atoms with van der Waals surface area (Å²) in [6, 6.07) is 0. The first-order valence-corrected chi connectivity index (χ1v) is 4.43. The second kappa shape index (κ2) is 2.96. The predicted molar refractivity (Wildman–Crippen MR) is 49.1 cm³/mol. The van der Waals surface area contributed by atoms with Gasteiger partial charge in [-0.1, -0.05) is 0 Å². The average Bonchev–Trinajstić information content (AvgIpc) is 2.02. The van der Waals surface area contributed by atoms with Crippen LogP contribution in [0.2, 0.25) is 0 Å². The topological polar surface area (TPSA) is 61.0 Å². The summed E-state index contributed by atoms with van der Waals surface area (Å²) in [5.41, 5.74) is 7.60. The quantitative estimate of drug-likeness (QED) is 0.647. The molecule has 0 saturated carbocycles. The average molecular weight is 179 g/mol. The summed E-state index contributed by atoms with van der Waals surface area (Å²) in [5.74, 6) is 0.347. The zero-order chi connectivity index (χ0) is 9.42. The molecule has 0 bridgehead atoms. The van der Waals surface area contributed by atoms with Crippen LogP contribution in [0.5, 0.6) is 0 Å². The van der Waals surface area contributed by atoms with E-state index in [0.717, 1.165) is 17.7 Å². The van der Waals surface area contributed by atoms with Crippen LogP contribution in [-0.2, 0) is 11.2 Å². The van der Waals surface area contributed by atoms with E-state index in [0.29, 0.717) is 5.95 Å². The van der Waals surface area contributed by atoms with E-state index in [1.807, 2.05) is 13.8 Å². The molecule has 70 valence electrons. The number of nitrogen functional groups attached to an aromatic ring is 1. The highest BCUT2D eigenvalue weighted by Gasteiger charge is 2.23. The fourth-order valence-corrected chi connectivity index (χ4v) is 1.69. The van der Waals surface area contributed by atoms with E-state index in [2.05, 4.69) is 9.97 Å². The predicted octanol–water partition coefficient (Wildman–Crippen LogP) is 1.08. The standard InChI is InChI=1S/C9H13N3O/c1-5-3-8-7(6(2)13-5)4-11-9(10)12-8/h4-6H,3H2,1-2H3,(H2,10,11,12). The van der Waals surface area contributed by atoms with Gasteiger partial charge in [-0.05, 0) is 13.8 Å². The van der Waals surface area contributed by atoms with Gasteiger partial charge in [0.2, 0.25) is 5.95 Å². The molecule has 2 heterocycles. The van der Waals surface area contributed by atoms with Crippen LogP contribution in [0, 0.1) is 0 Å². The molecule has 0 spiro atoms. The largest absolute Gasteiger partial charge is 0.370 e. The Morgan fingerprint density at radius 1 is 1.54 bits per heavy atom. The number of ether oxygens (including phenoxy) is 1. The van der Waals surface area contributed by atoms with Gasteiger partial charge in [0, 0.05) is 18.2 Å². The first-order chi connectivity index (χ1) is 6.16. The normalized spacial score (nSPS) is 26.9. The lowest BCUT2D eigenvalue weighted by Gasteiger charge is -2.26. The molecule has 1 aromatic rings. The second-order valence-corrected chi connectivity index (χ2v) is 3.42. The molecule has 0 amide bonds. The van der Waals surface area contributed by atoms with Crippen LogP contribution in [0.3, 0.4) is 0 Å². The van der Waals surface area contributed by atoms with Gasteiger partial charge in [0.15, 0.2) is 0 Å². The highest BCUT2D eigenvalue weighted by Crippen LogP contribution is 2.27. The van der Waals surface area contributed by atoms with Crippen molar-refractivity contribution in [3.63, 3.8) is 0 Å². The van der Waals surface area contributed by atoms with Crippen molar-refractivity contribution in [2.24, 2.45) is 0 Å². The van der Waals surface area contributed by atoms with Gasteiger partial charge in [-0.3, -0.25) is 0 Å². The maximum Gasteiger partial charge on any atom is 0.220 e. The van der Waals surface area contributed by atoms with E-state index in [-0.39, 0.29) is 12.2 Å². The molecule has 0 fully saturated rings. The molecule has 13 heavy (non-hydrogen) atoms. The summed E-state index contributed by atoms with van der Waals surface area (Å²) in [5, 5.41) is 0. The van der Waals surface area contributed by atoms with E-state index in [4.69, 9.17) is 10.5 Å². The number of nitrogens with zero attached hydrogens (tertiary/aromatic N) is 2. The summed E-state index contributed by atoms with van der Waals surface area (Å²) in [7, 11) is 0. The fourth-order valence-electron chi connectivity index (χ4n) is 1.69. The summed E-state index contributed by atoms with van der Waals surface area (Å²) in [6.45, 7) is 4.05. The molecule has 4 heteroatoms. The number of nitrogens with two attached hydrogens (primary N) is 1. The van der Waals surface area contributed by atoms with Crippen molar-refractivity contribution < 1.29 is 4.74 Å². The fraction of sp³-hybridized carbons (Fsp3) is 0.556. The molecule has 0 aliphatic carbocycles. The zero-order valence-corrected chi connectivity index (χ0v) is 7.82. The smallest absolute Gasteiger partial charge is 0.220 e. The molecule has 2 rings (SSSR count). The Labute approximate surface area is 77.1 Å². The summed E-state index contributed by atoms with van der Waals surface area (Å²) < 4.78 is 5.63. The van der Waals surface area contributed by atoms with Crippen molar-refractivity contribution in [2.75, 3.05) is 5.73 Å². The Morgan fingerprint density at radius 2 is 2.31 bits per heavy atom. The van der Waals surface area contributed by atoms with Crippen LogP contribution >= 0.6 is 0 Å². The minimum absolute atomic E-state index is 0.0827. The van der Waals surface area contributed by atoms with Crippen LogP contribution in [0.1, 0.15) is 31.2 Å². The molecule has 2 N–H and O–H groups in total. The van der Waals surface area contributed by atoms with Gasteiger partial charge >= 0.3 is 0 Å². The summed E-state index contributed by atoms with van der Waals surface area (Å²) >= 11 is 0. The Hall–Kier alpha value is -1.16. The van der Waals surface area contributed by atoms with Crippen molar-refractivity contribution in [1.29, 1.82) is 0 Å². The maximum atomic E-state index is 5.63. The number of rotatable bonds is 0. The molecular formula is C9H13N3O. The van der Waals surface area contributed by atoms with Crippen molar-refractivity contribution >= 4 is 5.95 Å². The van der Waals surface area contributed by atoms with E-state index in [1.54, 1.807) is 6.20 Å². The van der Waals surface area contributed by atoms with Crippen LogP contribution in [-0.4, -0.2) is 16.1 Å². The first-order valence-electron chi connectivity index (χ1n) is 4.43. The van der Waals surface area contributed by atoms with Crippen LogP contribution in [0.4, 0.5) is 5.95 Å². The third kappa shape index (κ3) is 1.49. The molecule has 0 saturated heterocycles. The van der Waals surface area contributed by atoms with E-state index in [9.17, 15) is 0 Å². The van der Waals surface area contributed by atoms with Crippen LogP contribution in [0.15, 0.2) is 6.20 Å². The monoisotopic (exact) mass is 179 g/mol. The van der Waals surface area contributed by atoms with Crippen molar-refractivity contribution in [3.05, 3.63) is 17.5 Å². The van der Waals surface area contributed by atoms with Gasteiger partial charge in [0.25, 0.3) is 0 Å². The molecule has 1 aromatic heterocycles.